The number of nitrogens with zero attached hydrogens (tertiary/aromatic N) is 2. The van der Waals surface area contributed by atoms with Gasteiger partial charge in [0.1, 0.15) is 5.69 Å². The van der Waals surface area contributed by atoms with Gasteiger partial charge < -0.3 is 9.47 Å². The van der Waals surface area contributed by atoms with Crippen LogP contribution in [0.1, 0.15) is 41.4 Å². The highest BCUT2D eigenvalue weighted by Crippen LogP contribution is 2.33. The van der Waals surface area contributed by atoms with Gasteiger partial charge in [0, 0.05) is 30.5 Å². The van der Waals surface area contributed by atoms with Gasteiger partial charge in [-0.15, -0.1) is 0 Å². The van der Waals surface area contributed by atoms with E-state index in [1.807, 2.05) is 27.7 Å². The summed E-state index contributed by atoms with van der Waals surface area (Å²) in [5, 5.41) is 0.733. The molecule has 1 aliphatic rings. The van der Waals surface area contributed by atoms with Crippen molar-refractivity contribution in [1.29, 1.82) is 0 Å². The van der Waals surface area contributed by atoms with Gasteiger partial charge >= 0.3 is 0 Å². The summed E-state index contributed by atoms with van der Waals surface area (Å²) < 4.78 is 34.9. The Morgan fingerprint density at radius 2 is 1.83 bits per heavy atom. The smallest absolute Gasteiger partial charge is 0.294 e. The van der Waals surface area contributed by atoms with Gasteiger partial charge in [-0.2, -0.15) is 8.42 Å². The molecule has 0 atom stereocenters. The maximum Gasteiger partial charge on any atom is 0.294 e. The van der Waals surface area contributed by atoms with E-state index < -0.39 is 10.1 Å². The zero-order valence-corrected chi connectivity index (χ0v) is 17.9. The molecule has 3 aromatic rings. The second-order valence-corrected chi connectivity index (χ2v) is 9.19. The standard InChI is InChI=1S/C23H26N2O4S/c1-2-3-13-24-14-12-19-20-16-18(30(27,28)29)9-10-21(20)25(22(19)23(24)26)15-11-17-7-5-4-6-8-17/h4-10,16H,2-3,11-15H2,1H3,(H,27,28,29). The monoisotopic (exact) mass is 426 g/mol. The Labute approximate surface area is 176 Å². The predicted octanol–water partition coefficient (Wildman–Crippen LogP) is 3.93. The molecule has 30 heavy (non-hydrogen) atoms. The first kappa shape index (κ1) is 20.6. The van der Waals surface area contributed by atoms with Gasteiger partial charge in [-0.25, -0.2) is 0 Å². The fraction of sp³-hybridized carbons (Fsp3) is 0.348. The molecule has 0 fully saturated rings. The van der Waals surface area contributed by atoms with Crippen molar-refractivity contribution in [2.45, 2.75) is 44.0 Å². The highest BCUT2D eigenvalue weighted by molar-refractivity contribution is 7.85. The van der Waals surface area contributed by atoms with E-state index in [9.17, 15) is 17.8 Å². The van der Waals surface area contributed by atoms with Gasteiger partial charge in [0.2, 0.25) is 0 Å². The molecule has 0 spiro atoms. The van der Waals surface area contributed by atoms with Crippen molar-refractivity contribution in [3.8, 4) is 0 Å². The topological polar surface area (TPSA) is 79.6 Å². The maximum atomic E-state index is 13.3. The lowest BCUT2D eigenvalue weighted by atomic mass is 10.0. The van der Waals surface area contributed by atoms with E-state index in [4.69, 9.17) is 0 Å². The van der Waals surface area contributed by atoms with Crippen molar-refractivity contribution in [2.24, 2.45) is 0 Å². The molecule has 1 aromatic heterocycles. The number of hydrogen-bond acceptors (Lipinski definition) is 3. The average molecular weight is 427 g/mol. The first-order chi connectivity index (χ1) is 14.4. The molecule has 0 radical (unpaired) electrons. The summed E-state index contributed by atoms with van der Waals surface area (Å²) in [5.74, 6) is 0.00219. The highest BCUT2D eigenvalue weighted by atomic mass is 32.2. The second kappa shape index (κ2) is 8.24. The number of carbonyl (C=O) groups excluding carboxylic acids is 1. The zero-order valence-electron chi connectivity index (χ0n) is 17.0. The molecule has 2 heterocycles. The number of unbranched alkanes of at least 4 members (excludes halogenated alkanes) is 1. The van der Waals surface area contributed by atoms with Crippen molar-refractivity contribution >= 4 is 26.9 Å². The summed E-state index contributed by atoms with van der Waals surface area (Å²) in [6.07, 6.45) is 3.41. The van der Waals surface area contributed by atoms with E-state index >= 15 is 0 Å². The summed E-state index contributed by atoms with van der Waals surface area (Å²) in [6, 6.07) is 14.7. The van der Waals surface area contributed by atoms with E-state index in [1.165, 1.54) is 17.7 Å². The Kier molecular flexibility index (Phi) is 5.66. The van der Waals surface area contributed by atoms with Crippen LogP contribution >= 0.6 is 0 Å². The molecule has 0 bridgehead atoms. The molecular formula is C23H26N2O4S. The van der Waals surface area contributed by atoms with E-state index in [2.05, 4.69) is 19.1 Å². The summed E-state index contributed by atoms with van der Waals surface area (Å²) in [6.45, 7) is 4.08. The molecule has 7 heteroatoms. The number of fused-ring (bicyclic) bond motifs is 3. The number of hydrogen-bond donors (Lipinski definition) is 1. The number of benzene rings is 2. The fourth-order valence-corrected chi connectivity index (χ4v) is 4.75. The molecule has 6 nitrogen and oxygen atoms in total. The van der Waals surface area contributed by atoms with Gasteiger partial charge in [0.25, 0.3) is 16.0 Å². The Morgan fingerprint density at radius 3 is 2.53 bits per heavy atom. The van der Waals surface area contributed by atoms with Gasteiger partial charge in [-0.1, -0.05) is 43.7 Å². The molecule has 0 saturated heterocycles. The molecule has 0 aliphatic carbocycles. The van der Waals surface area contributed by atoms with Gasteiger partial charge in [0.15, 0.2) is 0 Å². The third-order valence-electron chi connectivity index (χ3n) is 5.81. The SMILES string of the molecule is CCCCN1CCc2c(n(CCc3ccccc3)c3ccc(S(=O)(=O)O)cc23)C1=O. The molecular weight excluding hydrogens is 400 g/mol. The van der Waals surface area contributed by atoms with Crippen LogP contribution in [0.2, 0.25) is 0 Å². The van der Waals surface area contributed by atoms with Gasteiger partial charge in [0.05, 0.1) is 4.90 Å². The van der Waals surface area contributed by atoms with E-state index in [0.717, 1.165) is 42.3 Å². The molecule has 158 valence electrons. The Hall–Kier alpha value is -2.64. The normalized spacial score (nSPS) is 14.3. The van der Waals surface area contributed by atoms with Crippen LogP contribution in [-0.4, -0.2) is 41.4 Å². The van der Waals surface area contributed by atoms with E-state index in [1.54, 1.807) is 6.07 Å². The molecule has 1 aliphatic heterocycles. The minimum absolute atomic E-state index is 0.00219. The summed E-state index contributed by atoms with van der Waals surface area (Å²) in [4.78, 5) is 15.1. The molecule has 2 aromatic carbocycles. The van der Waals surface area contributed by atoms with E-state index in [-0.39, 0.29) is 10.8 Å². The summed E-state index contributed by atoms with van der Waals surface area (Å²) >= 11 is 0. The van der Waals surface area contributed by atoms with Crippen molar-refractivity contribution in [2.75, 3.05) is 13.1 Å². The maximum absolute atomic E-state index is 13.3. The van der Waals surface area contributed by atoms with Crippen LogP contribution in [-0.2, 0) is 29.5 Å². The molecule has 1 amide bonds. The van der Waals surface area contributed by atoms with Crippen LogP contribution in [0.4, 0.5) is 0 Å². The largest absolute Gasteiger partial charge is 0.337 e. The molecule has 4 rings (SSSR count). The quantitative estimate of drug-likeness (QED) is 0.581. The predicted molar refractivity (Wildman–Crippen MR) is 116 cm³/mol. The lowest BCUT2D eigenvalue weighted by Crippen LogP contribution is -2.39. The van der Waals surface area contributed by atoms with E-state index in [0.29, 0.717) is 25.2 Å². The zero-order chi connectivity index (χ0) is 21.3. The molecule has 1 N–H and O–H groups in total. The third kappa shape index (κ3) is 3.87. The van der Waals surface area contributed by atoms with Crippen molar-refractivity contribution < 1.29 is 17.8 Å². The van der Waals surface area contributed by atoms with Crippen molar-refractivity contribution in [3.63, 3.8) is 0 Å². The average Bonchev–Trinajstić information content (AvgIpc) is 3.05. The highest BCUT2D eigenvalue weighted by Gasteiger charge is 2.31. The molecule has 0 unspecified atom stereocenters. The second-order valence-electron chi connectivity index (χ2n) is 7.76. The number of aryl methyl sites for hydroxylation is 2. The van der Waals surface area contributed by atoms with Crippen molar-refractivity contribution in [3.05, 3.63) is 65.4 Å². The summed E-state index contributed by atoms with van der Waals surface area (Å²) in [5.41, 5.74) is 3.53. The number of amides is 1. The first-order valence-electron chi connectivity index (χ1n) is 10.4. The lowest BCUT2D eigenvalue weighted by molar-refractivity contribution is 0.0726. The minimum atomic E-state index is -4.31. The summed E-state index contributed by atoms with van der Waals surface area (Å²) in [7, 11) is -4.31. The van der Waals surface area contributed by atoms with Gasteiger partial charge in [-0.05, 0) is 48.6 Å². The van der Waals surface area contributed by atoms with Gasteiger partial charge in [-0.3, -0.25) is 9.35 Å². The lowest BCUT2D eigenvalue weighted by Gasteiger charge is -2.28. The fourth-order valence-electron chi connectivity index (χ4n) is 4.24. The van der Waals surface area contributed by atoms with Crippen LogP contribution in [0.15, 0.2) is 53.4 Å². The minimum Gasteiger partial charge on any atom is -0.337 e. The van der Waals surface area contributed by atoms with Crippen LogP contribution in [0, 0.1) is 0 Å². The number of rotatable bonds is 7. The first-order valence-corrected chi connectivity index (χ1v) is 11.8. The number of carbonyl (C=O) groups is 1. The van der Waals surface area contributed by atoms with Crippen LogP contribution in [0.25, 0.3) is 10.9 Å². The third-order valence-corrected chi connectivity index (χ3v) is 6.66. The number of aromatic nitrogens is 1. The Bertz CT molecular complexity index is 1180. The van der Waals surface area contributed by atoms with Crippen molar-refractivity contribution in [1.82, 2.24) is 9.47 Å². The van der Waals surface area contributed by atoms with Crippen LogP contribution in [0.5, 0.6) is 0 Å². The Balaban J connectivity index is 1.81. The molecule has 0 saturated carbocycles. The van der Waals surface area contributed by atoms with Crippen LogP contribution < -0.4 is 0 Å². The Morgan fingerprint density at radius 1 is 1.07 bits per heavy atom. The van der Waals surface area contributed by atoms with Crippen LogP contribution in [0.3, 0.4) is 0 Å².